The molecule has 0 saturated carbocycles. The predicted octanol–water partition coefficient (Wildman–Crippen LogP) is 4.17. The first-order chi connectivity index (χ1) is 13.2. The number of hydrogen-bond acceptors (Lipinski definition) is 4. The Hall–Kier alpha value is -3.02. The molecule has 5 nitrogen and oxygen atoms in total. The van der Waals surface area contributed by atoms with Gasteiger partial charge in [0.2, 0.25) is 5.89 Å². The van der Waals surface area contributed by atoms with Crippen molar-refractivity contribution < 1.29 is 13.6 Å². The quantitative estimate of drug-likeness (QED) is 0.696. The average Bonchev–Trinajstić information content (AvgIpc) is 3.18. The third kappa shape index (κ3) is 3.74. The number of pyridine rings is 1. The monoisotopic (exact) mass is 365 g/mol. The maximum absolute atomic E-state index is 13.9. The lowest BCUT2D eigenvalue weighted by Crippen LogP contribution is -2.38. The number of hydrogen-bond donors (Lipinski definition) is 0. The number of benzene rings is 1. The molecular formula is C21H20FN3O2. The van der Waals surface area contributed by atoms with Crippen molar-refractivity contribution in [2.45, 2.75) is 31.7 Å². The van der Waals surface area contributed by atoms with Crippen LogP contribution in [-0.4, -0.2) is 27.3 Å². The first-order valence-corrected chi connectivity index (χ1v) is 9.11. The lowest BCUT2D eigenvalue weighted by atomic mass is 10.0. The maximum atomic E-state index is 13.9. The van der Waals surface area contributed by atoms with Gasteiger partial charge in [0.05, 0.1) is 6.20 Å². The number of carbonyl (C=O) groups is 1. The third-order valence-corrected chi connectivity index (χ3v) is 4.87. The number of piperidine rings is 1. The standard InChI is InChI=1S/C21H20FN3O2/c22-18-6-2-1-5-16(18)13-17-14-24-20(27-17)19-7-3-4-12-25(19)21(26)15-8-10-23-11-9-15/h1-2,5-6,8-11,14,19H,3-4,7,12-13H2/t19-/m1/s1. The molecular weight excluding hydrogens is 345 g/mol. The van der Waals surface area contributed by atoms with Crippen LogP contribution in [-0.2, 0) is 6.42 Å². The predicted molar refractivity (Wildman–Crippen MR) is 97.6 cm³/mol. The van der Waals surface area contributed by atoms with Crippen LogP contribution in [0.3, 0.4) is 0 Å². The van der Waals surface area contributed by atoms with Crippen molar-refractivity contribution in [3.05, 3.63) is 83.6 Å². The molecule has 1 aromatic carbocycles. The summed E-state index contributed by atoms with van der Waals surface area (Å²) in [5.41, 5.74) is 1.17. The number of nitrogens with zero attached hydrogens (tertiary/aromatic N) is 3. The summed E-state index contributed by atoms with van der Waals surface area (Å²) in [6.07, 6.45) is 7.96. The van der Waals surface area contributed by atoms with Crippen LogP contribution in [0.15, 0.2) is 59.4 Å². The summed E-state index contributed by atoms with van der Waals surface area (Å²) in [6, 6.07) is 9.86. The summed E-state index contributed by atoms with van der Waals surface area (Å²) in [7, 11) is 0. The molecule has 1 fully saturated rings. The largest absolute Gasteiger partial charge is 0.443 e. The SMILES string of the molecule is O=C(c1ccncc1)N1CCCC[C@@H]1c1ncc(Cc2ccccc2F)o1. The molecule has 0 unspecified atom stereocenters. The molecule has 138 valence electrons. The number of likely N-dealkylation sites (tertiary alicyclic amines) is 1. The van der Waals surface area contributed by atoms with Gasteiger partial charge >= 0.3 is 0 Å². The molecule has 6 heteroatoms. The summed E-state index contributed by atoms with van der Waals surface area (Å²) in [5.74, 6) is 0.805. The lowest BCUT2D eigenvalue weighted by molar-refractivity contribution is 0.0570. The van der Waals surface area contributed by atoms with Gasteiger partial charge in [-0.2, -0.15) is 0 Å². The Bertz CT molecular complexity index is 926. The highest BCUT2D eigenvalue weighted by Gasteiger charge is 2.32. The van der Waals surface area contributed by atoms with Crippen molar-refractivity contribution in [1.82, 2.24) is 14.9 Å². The first-order valence-electron chi connectivity index (χ1n) is 9.11. The fourth-order valence-corrected chi connectivity index (χ4v) is 3.48. The van der Waals surface area contributed by atoms with Crippen LogP contribution >= 0.6 is 0 Å². The maximum Gasteiger partial charge on any atom is 0.254 e. The molecule has 1 aliphatic heterocycles. The van der Waals surface area contributed by atoms with Gasteiger partial charge in [0.1, 0.15) is 17.6 Å². The van der Waals surface area contributed by atoms with E-state index in [0.29, 0.717) is 35.7 Å². The van der Waals surface area contributed by atoms with E-state index in [-0.39, 0.29) is 17.8 Å². The minimum absolute atomic E-state index is 0.0454. The van der Waals surface area contributed by atoms with Crippen molar-refractivity contribution in [3.63, 3.8) is 0 Å². The Labute approximate surface area is 156 Å². The molecule has 4 rings (SSSR count). The molecule has 0 N–H and O–H groups in total. The topological polar surface area (TPSA) is 59.2 Å². The van der Waals surface area contributed by atoms with Gasteiger partial charge in [-0.1, -0.05) is 18.2 Å². The summed E-state index contributed by atoms with van der Waals surface area (Å²) in [4.78, 5) is 23.1. The van der Waals surface area contributed by atoms with E-state index in [1.54, 1.807) is 48.9 Å². The number of amides is 1. The molecule has 0 aliphatic carbocycles. The summed E-state index contributed by atoms with van der Waals surface area (Å²) < 4.78 is 19.8. The van der Waals surface area contributed by atoms with Crippen molar-refractivity contribution >= 4 is 5.91 Å². The fourth-order valence-electron chi connectivity index (χ4n) is 3.48. The molecule has 0 bridgehead atoms. The fraction of sp³-hybridized carbons (Fsp3) is 0.286. The number of rotatable bonds is 4. The highest BCUT2D eigenvalue weighted by Crippen LogP contribution is 2.32. The van der Waals surface area contributed by atoms with Crippen molar-refractivity contribution in [2.24, 2.45) is 0 Å². The highest BCUT2D eigenvalue weighted by atomic mass is 19.1. The first kappa shape index (κ1) is 17.4. The average molecular weight is 365 g/mol. The van der Waals surface area contributed by atoms with Gasteiger partial charge in [0.15, 0.2) is 0 Å². The molecule has 0 radical (unpaired) electrons. The zero-order valence-corrected chi connectivity index (χ0v) is 14.8. The minimum atomic E-state index is -0.261. The summed E-state index contributed by atoms with van der Waals surface area (Å²) in [6.45, 7) is 0.664. The van der Waals surface area contributed by atoms with Crippen molar-refractivity contribution in [1.29, 1.82) is 0 Å². The van der Waals surface area contributed by atoms with Crippen molar-refractivity contribution in [2.75, 3.05) is 6.54 Å². The van der Waals surface area contributed by atoms with E-state index in [1.165, 1.54) is 6.07 Å². The smallest absolute Gasteiger partial charge is 0.254 e. The Morgan fingerprint density at radius 3 is 2.81 bits per heavy atom. The summed E-state index contributed by atoms with van der Waals surface area (Å²) >= 11 is 0. The van der Waals surface area contributed by atoms with Gasteiger partial charge in [-0.05, 0) is 43.0 Å². The van der Waals surface area contributed by atoms with Gasteiger partial charge in [-0.3, -0.25) is 9.78 Å². The van der Waals surface area contributed by atoms with E-state index in [2.05, 4.69) is 9.97 Å². The number of carbonyl (C=O) groups excluding carboxylic acids is 1. The zero-order chi connectivity index (χ0) is 18.6. The Kier molecular flexibility index (Phi) is 4.96. The second-order valence-electron chi connectivity index (χ2n) is 6.68. The van der Waals surface area contributed by atoms with E-state index in [0.717, 1.165) is 19.3 Å². The molecule has 1 saturated heterocycles. The van der Waals surface area contributed by atoms with Crippen LogP contribution < -0.4 is 0 Å². The van der Waals surface area contributed by atoms with E-state index in [1.807, 2.05) is 4.90 Å². The zero-order valence-electron chi connectivity index (χ0n) is 14.8. The summed E-state index contributed by atoms with van der Waals surface area (Å²) in [5, 5.41) is 0. The number of oxazole rings is 1. The number of halogens is 1. The van der Waals surface area contributed by atoms with Gasteiger partial charge < -0.3 is 9.32 Å². The highest BCUT2D eigenvalue weighted by molar-refractivity contribution is 5.94. The van der Waals surface area contributed by atoms with E-state index < -0.39 is 0 Å². The van der Waals surface area contributed by atoms with E-state index in [4.69, 9.17) is 4.42 Å². The third-order valence-electron chi connectivity index (χ3n) is 4.87. The van der Waals surface area contributed by atoms with E-state index in [9.17, 15) is 9.18 Å². The molecule has 2 aromatic heterocycles. The van der Waals surface area contributed by atoms with Gasteiger partial charge in [0, 0.05) is 30.9 Å². The van der Waals surface area contributed by atoms with Crippen molar-refractivity contribution in [3.8, 4) is 0 Å². The molecule has 0 spiro atoms. The molecule has 27 heavy (non-hydrogen) atoms. The Balaban J connectivity index is 1.55. The molecule has 3 heterocycles. The van der Waals surface area contributed by atoms with Gasteiger partial charge in [-0.25, -0.2) is 9.37 Å². The molecule has 1 aliphatic rings. The van der Waals surface area contributed by atoms with Crippen LogP contribution in [0.25, 0.3) is 0 Å². The molecule has 1 atom stereocenters. The second-order valence-corrected chi connectivity index (χ2v) is 6.68. The van der Waals surface area contributed by atoms with E-state index >= 15 is 0 Å². The van der Waals surface area contributed by atoms with Crippen LogP contribution in [0, 0.1) is 5.82 Å². The normalized spacial score (nSPS) is 17.1. The second kappa shape index (κ2) is 7.70. The van der Waals surface area contributed by atoms with Gasteiger partial charge in [0.25, 0.3) is 5.91 Å². The number of aromatic nitrogens is 2. The Morgan fingerprint density at radius 2 is 2.00 bits per heavy atom. The Morgan fingerprint density at radius 1 is 1.19 bits per heavy atom. The molecule has 3 aromatic rings. The molecule has 1 amide bonds. The van der Waals surface area contributed by atoms with Crippen LogP contribution in [0.5, 0.6) is 0 Å². The van der Waals surface area contributed by atoms with Gasteiger partial charge in [-0.15, -0.1) is 0 Å². The van der Waals surface area contributed by atoms with Crippen LogP contribution in [0.2, 0.25) is 0 Å². The lowest BCUT2D eigenvalue weighted by Gasteiger charge is -2.33. The minimum Gasteiger partial charge on any atom is -0.443 e. The van der Waals surface area contributed by atoms with Crippen LogP contribution in [0.4, 0.5) is 4.39 Å². The van der Waals surface area contributed by atoms with Crippen LogP contribution in [0.1, 0.15) is 52.9 Å².